The molecule has 4 aromatic carbocycles. The number of hydrogen-bond donors (Lipinski definition) is 0. The summed E-state index contributed by atoms with van der Waals surface area (Å²) in [5.41, 5.74) is 14.4. The molecule has 4 aromatic rings. The lowest BCUT2D eigenvalue weighted by molar-refractivity contribution is 0.332. The van der Waals surface area contributed by atoms with Gasteiger partial charge < -0.3 is 9.80 Å². The highest BCUT2D eigenvalue weighted by atomic mass is 15.2. The number of rotatable bonds is 5. The van der Waals surface area contributed by atoms with Crippen molar-refractivity contribution in [1.29, 1.82) is 0 Å². The van der Waals surface area contributed by atoms with Gasteiger partial charge in [0.2, 0.25) is 0 Å². The first-order valence-corrected chi connectivity index (χ1v) is 15.8. The fourth-order valence-electron chi connectivity index (χ4n) is 7.44. The molecule has 6 rings (SSSR count). The third kappa shape index (κ3) is 4.91. The highest BCUT2D eigenvalue weighted by molar-refractivity contribution is 6.73. The zero-order valence-electron chi connectivity index (χ0n) is 27.5. The van der Waals surface area contributed by atoms with Crippen molar-refractivity contribution in [3.05, 3.63) is 113 Å². The Morgan fingerprint density at radius 2 is 1.47 bits per heavy atom. The second-order valence-corrected chi connectivity index (χ2v) is 14.4. The third-order valence-electron chi connectivity index (χ3n) is 10.3. The summed E-state index contributed by atoms with van der Waals surface area (Å²) in [5.74, 6) is 0. The van der Waals surface area contributed by atoms with E-state index >= 15 is 0 Å². The molecule has 0 aromatic heterocycles. The predicted octanol–water partition coefficient (Wildman–Crippen LogP) is 9.10. The predicted molar refractivity (Wildman–Crippen MR) is 189 cm³/mol. The van der Waals surface area contributed by atoms with Crippen LogP contribution in [-0.4, -0.2) is 19.9 Å². The molecular weight excluding hydrogens is 519 g/mol. The van der Waals surface area contributed by atoms with Crippen LogP contribution >= 0.6 is 0 Å². The van der Waals surface area contributed by atoms with Crippen LogP contribution in [0.5, 0.6) is 0 Å². The minimum Gasteiger partial charge on any atom is -0.366 e. The first-order chi connectivity index (χ1) is 20.3. The molecule has 1 aliphatic heterocycles. The first-order valence-electron chi connectivity index (χ1n) is 15.8. The second kappa shape index (κ2) is 10.5. The summed E-state index contributed by atoms with van der Waals surface area (Å²) in [4.78, 5) is 4.98. The van der Waals surface area contributed by atoms with E-state index in [9.17, 15) is 0 Å². The molecule has 0 saturated carbocycles. The quantitative estimate of drug-likeness (QED) is 0.196. The van der Waals surface area contributed by atoms with Gasteiger partial charge in [-0.2, -0.15) is 0 Å². The molecule has 2 aliphatic rings. The molecule has 43 heavy (non-hydrogen) atoms. The normalized spacial score (nSPS) is 17.0. The van der Waals surface area contributed by atoms with E-state index in [0.29, 0.717) is 0 Å². The van der Waals surface area contributed by atoms with Gasteiger partial charge in [-0.3, -0.25) is 0 Å². The van der Waals surface area contributed by atoms with Gasteiger partial charge >= 0.3 is 0 Å². The molecule has 0 saturated heterocycles. The lowest BCUT2D eigenvalue weighted by Crippen LogP contribution is -2.48. The fourth-order valence-corrected chi connectivity index (χ4v) is 7.44. The first kappa shape index (κ1) is 29.4. The van der Waals surface area contributed by atoms with Gasteiger partial charge in [0.15, 0.2) is 7.28 Å². The SMILES string of the molecule is C/C=C(/c1ccccc1)C(C)(C)N(C)c1cc(C)cc2c1[B]c1ccccc1N2c1ccc2c(c1)C(C)(C)CCC2(C)C. The van der Waals surface area contributed by atoms with Crippen molar-refractivity contribution >= 4 is 46.5 Å². The van der Waals surface area contributed by atoms with Gasteiger partial charge in [-0.05, 0) is 115 Å². The molecule has 1 radical (unpaired) electrons. The lowest BCUT2D eigenvalue weighted by Gasteiger charge is -2.44. The summed E-state index contributed by atoms with van der Waals surface area (Å²) in [5, 5.41) is 0. The number of fused-ring (bicyclic) bond motifs is 3. The largest absolute Gasteiger partial charge is 0.366 e. The van der Waals surface area contributed by atoms with Crippen LogP contribution in [0.15, 0.2) is 91.0 Å². The van der Waals surface area contributed by atoms with Crippen LogP contribution in [0.2, 0.25) is 0 Å². The maximum absolute atomic E-state index is 2.51. The Bertz CT molecular complexity index is 1710. The Morgan fingerprint density at radius 1 is 0.814 bits per heavy atom. The summed E-state index contributed by atoms with van der Waals surface area (Å²) in [6.07, 6.45) is 4.70. The molecule has 0 unspecified atom stereocenters. The Hall–Kier alpha value is -3.72. The topological polar surface area (TPSA) is 6.48 Å². The minimum atomic E-state index is -0.241. The Balaban J connectivity index is 1.53. The molecule has 3 heteroatoms. The molecule has 2 nitrogen and oxygen atoms in total. The number of allylic oxidation sites excluding steroid dienone is 1. The average molecular weight is 566 g/mol. The average Bonchev–Trinajstić information content (AvgIpc) is 2.98. The summed E-state index contributed by atoms with van der Waals surface area (Å²) in [6, 6.07) is 31.6. The smallest absolute Gasteiger partial charge is 0.199 e. The van der Waals surface area contributed by atoms with Crippen molar-refractivity contribution in [2.75, 3.05) is 16.8 Å². The Labute approximate surface area is 260 Å². The molecule has 0 fully saturated rings. The summed E-state index contributed by atoms with van der Waals surface area (Å²) in [7, 11) is 4.65. The minimum absolute atomic E-state index is 0.146. The zero-order chi connectivity index (χ0) is 30.7. The third-order valence-corrected chi connectivity index (χ3v) is 10.3. The molecule has 0 bridgehead atoms. The Morgan fingerprint density at radius 3 is 2.16 bits per heavy atom. The summed E-state index contributed by atoms with van der Waals surface area (Å²) >= 11 is 0. The molecule has 0 atom stereocenters. The van der Waals surface area contributed by atoms with Crippen LogP contribution in [0, 0.1) is 6.92 Å². The maximum atomic E-state index is 2.51. The van der Waals surface area contributed by atoms with Crippen molar-refractivity contribution in [2.45, 2.75) is 84.6 Å². The number of benzene rings is 4. The molecule has 0 N–H and O–H groups in total. The van der Waals surface area contributed by atoms with Crippen LogP contribution in [0.4, 0.5) is 22.7 Å². The Kier molecular flexibility index (Phi) is 7.15. The maximum Gasteiger partial charge on any atom is 0.199 e. The number of anilines is 4. The summed E-state index contributed by atoms with van der Waals surface area (Å²) in [6.45, 7) is 18.7. The second-order valence-electron chi connectivity index (χ2n) is 14.4. The number of likely N-dealkylation sites (N-methyl/N-ethyl adjacent to an activating group) is 1. The van der Waals surface area contributed by atoms with E-state index < -0.39 is 0 Å². The van der Waals surface area contributed by atoms with Crippen molar-refractivity contribution in [3.8, 4) is 0 Å². The van der Waals surface area contributed by atoms with Gasteiger partial charge in [0, 0.05) is 29.8 Å². The van der Waals surface area contributed by atoms with Gasteiger partial charge in [0.05, 0.1) is 5.54 Å². The number of nitrogens with zero attached hydrogens (tertiary/aromatic N) is 2. The van der Waals surface area contributed by atoms with E-state index in [0.717, 1.165) is 0 Å². The highest BCUT2D eigenvalue weighted by Crippen LogP contribution is 2.48. The van der Waals surface area contributed by atoms with Crippen LogP contribution < -0.4 is 20.7 Å². The fraction of sp³-hybridized carbons (Fsp3) is 0.350. The van der Waals surface area contributed by atoms with E-state index in [1.165, 1.54) is 74.3 Å². The standard InChI is InChI=1S/C40H46BN2/c1-10-30(28-16-12-11-13-17-28)40(7,8)42(9)35-24-27(2)25-36-37(35)41-33-18-14-15-19-34(33)43(36)29-20-21-31-32(26-29)39(5,6)23-22-38(31,3)4/h10-21,24-26H,22-23H2,1-9H3/b30-10-. The summed E-state index contributed by atoms with van der Waals surface area (Å²) < 4.78 is 0. The number of aryl methyl sites for hydroxylation is 1. The molecular formula is C40H46BN2. The van der Waals surface area contributed by atoms with Gasteiger partial charge in [0.1, 0.15) is 0 Å². The van der Waals surface area contributed by atoms with Gasteiger partial charge in [0.25, 0.3) is 0 Å². The van der Waals surface area contributed by atoms with Gasteiger partial charge in [-0.1, -0.05) is 93.8 Å². The molecule has 1 heterocycles. The van der Waals surface area contributed by atoms with Crippen molar-refractivity contribution in [1.82, 2.24) is 0 Å². The number of para-hydroxylation sites is 1. The van der Waals surface area contributed by atoms with Crippen LogP contribution in [0.1, 0.15) is 83.6 Å². The molecule has 1 aliphatic carbocycles. The van der Waals surface area contributed by atoms with Crippen LogP contribution in [0.3, 0.4) is 0 Å². The highest BCUT2D eigenvalue weighted by Gasteiger charge is 2.38. The monoisotopic (exact) mass is 565 g/mol. The van der Waals surface area contributed by atoms with E-state index in [1.807, 2.05) is 0 Å². The van der Waals surface area contributed by atoms with Crippen LogP contribution in [0.25, 0.3) is 5.57 Å². The van der Waals surface area contributed by atoms with E-state index in [2.05, 4.69) is 171 Å². The van der Waals surface area contributed by atoms with E-state index in [4.69, 9.17) is 0 Å². The van der Waals surface area contributed by atoms with Gasteiger partial charge in [-0.25, -0.2) is 0 Å². The molecule has 219 valence electrons. The van der Waals surface area contributed by atoms with Gasteiger partial charge in [-0.15, -0.1) is 0 Å². The number of hydrogen-bond acceptors (Lipinski definition) is 2. The molecule has 0 amide bonds. The van der Waals surface area contributed by atoms with Crippen molar-refractivity contribution in [3.63, 3.8) is 0 Å². The zero-order valence-corrected chi connectivity index (χ0v) is 27.5. The lowest BCUT2D eigenvalue weighted by atomic mass is 9.59. The van der Waals surface area contributed by atoms with Crippen molar-refractivity contribution < 1.29 is 0 Å². The van der Waals surface area contributed by atoms with E-state index in [-0.39, 0.29) is 16.4 Å². The molecule has 0 spiro atoms. The van der Waals surface area contributed by atoms with Crippen LogP contribution in [-0.2, 0) is 10.8 Å². The van der Waals surface area contributed by atoms with Crippen molar-refractivity contribution in [2.24, 2.45) is 0 Å². The van der Waals surface area contributed by atoms with E-state index in [1.54, 1.807) is 0 Å².